The van der Waals surface area contributed by atoms with Crippen LogP contribution >= 0.6 is 0 Å². The molecule has 8 heteroatoms. The smallest absolute Gasteiger partial charge is 0.335 e. The summed E-state index contributed by atoms with van der Waals surface area (Å²) in [4.78, 5) is 31.7. The minimum absolute atomic E-state index is 0. The number of carbonyl (C=O) groups is 3. The topological polar surface area (TPSA) is 175 Å². The molecule has 0 aromatic heterocycles. The summed E-state index contributed by atoms with van der Waals surface area (Å²) >= 11 is 0. The molecular formula is C9H10O8. The zero-order chi connectivity index (χ0) is 11.6. The maximum Gasteiger partial charge on any atom is 0.335 e. The molecule has 0 aliphatic carbocycles. The van der Waals surface area contributed by atoms with Gasteiger partial charge in [0.2, 0.25) is 0 Å². The molecule has 1 aromatic carbocycles. The molecule has 0 atom stereocenters. The van der Waals surface area contributed by atoms with E-state index in [0.717, 1.165) is 18.2 Å². The Morgan fingerprint density at radius 3 is 0.941 bits per heavy atom. The van der Waals surface area contributed by atoms with Crippen molar-refractivity contribution in [2.45, 2.75) is 0 Å². The molecule has 1 aromatic rings. The van der Waals surface area contributed by atoms with E-state index in [1.807, 2.05) is 0 Å². The molecule has 0 amide bonds. The van der Waals surface area contributed by atoms with Crippen molar-refractivity contribution in [3.8, 4) is 0 Å². The Labute approximate surface area is 94.4 Å². The normalized spacial score (nSPS) is 8.47. The van der Waals surface area contributed by atoms with Gasteiger partial charge in [0.1, 0.15) is 0 Å². The van der Waals surface area contributed by atoms with Gasteiger partial charge in [-0.1, -0.05) is 0 Å². The average Bonchev–Trinajstić information content (AvgIpc) is 2.16. The van der Waals surface area contributed by atoms with Crippen LogP contribution in [0.15, 0.2) is 18.2 Å². The molecule has 0 unspecified atom stereocenters. The maximum absolute atomic E-state index is 10.6. The first kappa shape index (κ1) is 17.0. The third kappa shape index (κ3) is 3.89. The van der Waals surface area contributed by atoms with Crippen LogP contribution in [0, 0.1) is 0 Å². The number of rotatable bonds is 3. The molecule has 0 radical (unpaired) electrons. The number of hydrogen-bond donors (Lipinski definition) is 3. The summed E-state index contributed by atoms with van der Waals surface area (Å²) in [7, 11) is 0. The Kier molecular flexibility index (Phi) is 6.19. The predicted molar refractivity (Wildman–Crippen MR) is 54.5 cm³/mol. The van der Waals surface area contributed by atoms with Gasteiger partial charge in [0, 0.05) is 0 Å². The highest BCUT2D eigenvalue weighted by Gasteiger charge is 2.14. The van der Waals surface area contributed by atoms with Crippen LogP contribution in [0.25, 0.3) is 0 Å². The van der Waals surface area contributed by atoms with E-state index < -0.39 is 17.9 Å². The lowest BCUT2D eigenvalue weighted by molar-refractivity contribution is 0.0696. The van der Waals surface area contributed by atoms with Gasteiger partial charge in [0.05, 0.1) is 16.7 Å². The fourth-order valence-electron chi connectivity index (χ4n) is 0.998. The first-order chi connectivity index (χ1) is 6.91. The Bertz CT molecular complexity index is 371. The molecule has 94 valence electrons. The minimum atomic E-state index is -1.37. The van der Waals surface area contributed by atoms with Gasteiger partial charge in [-0.05, 0) is 18.2 Å². The number of carboxylic acid groups (broad SMARTS) is 3. The minimum Gasteiger partial charge on any atom is -0.478 e. The largest absolute Gasteiger partial charge is 0.478 e. The molecule has 8 nitrogen and oxygen atoms in total. The molecule has 0 fully saturated rings. The fourth-order valence-corrected chi connectivity index (χ4v) is 0.998. The monoisotopic (exact) mass is 246 g/mol. The standard InChI is InChI=1S/C9H6O6.2H2O/c10-7(11)4-1-5(8(12)13)3-6(2-4)9(14)15;;/h1-3H,(H,10,11)(H,12,13)(H,14,15);2*1H2. The lowest BCUT2D eigenvalue weighted by Gasteiger charge is -2.00. The van der Waals surface area contributed by atoms with Gasteiger partial charge in [0.15, 0.2) is 0 Å². The molecule has 0 saturated carbocycles. The highest BCUT2D eigenvalue weighted by Crippen LogP contribution is 2.11. The Balaban J connectivity index is 0. The van der Waals surface area contributed by atoms with Crippen molar-refractivity contribution in [2.24, 2.45) is 0 Å². The third-order valence-electron chi connectivity index (χ3n) is 1.67. The first-order valence-electron chi connectivity index (χ1n) is 3.77. The summed E-state index contributed by atoms with van der Waals surface area (Å²) in [5.74, 6) is -4.12. The molecule has 0 heterocycles. The summed E-state index contributed by atoms with van der Waals surface area (Å²) in [6.07, 6.45) is 0. The van der Waals surface area contributed by atoms with E-state index in [-0.39, 0.29) is 27.6 Å². The molecule has 0 spiro atoms. The van der Waals surface area contributed by atoms with Crippen LogP contribution in [0.2, 0.25) is 0 Å². The van der Waals surface area contributed by atoms with Gasteiger partial charge >= 0.3 is 17.9 Å². The van der Waals surface area contributed by atoms with Gasteiger partial charge in [-0.25, -0.2) is 14.4 Å². The van der Waals surface area contributed by atoms with Crippen LogP contribution in [0.3, 0.4) is 0 Å². The quantitative estimate of drug-likeness (QED) is 0.624. The van der Waals surface area contributed by atoms with E-state index in [1.165, 1.54) is 0 Å². The van der Waals surface area contributed by atoms with Crippen molar-refractivity contribution in [1.29, 1.82) is 0 Å². The number of benzene rings is 1. The van der Waals surface area contributed by atoms with Gasteiger partial charge in [-0.15, -0.1) is 0 Å². The van der Waals surface area contributed by atoms with Gasteiger partial charge in [-0.2, -0.15) is 0 Å². The van der Waals surface area contributed by atoms with Crippen LogP contribution in [-0.2, 0) is 0 Å². The lowest BCUT2D eigenvalue weighted by atomic mass is 10.1. The molecule has 1 rings (SSSR count). The second-order valence-electron chi connectivity index (χ2n) is 2.71. The highest BCUT2D eigenvalue weighted by molar-refractivity contribution is 5.98. The summed E-state index contributed by atoms with van der Waals surface area (Å²) in [6, 6.07) is 2.70. The van der Waals surface area contributed by atoms with Crippen molar-refractivity contribution in [1.82, 2.24) is 0 Å². The van der Waals surface area contributed by atoms with E-state index in [0.29, 0.717) is 0 Å². The number of hydrogen-bond acceptors (Lipinski definition) is 3. The maximum atomic E-state index is 10.6. The van der Waals surface area contributed by atoms with Gasteiger partial charge < -0.3 is 26.3 Å². The Hall–Kier alpha value is -2.45. The zero-order valence-electron chi connectivity index (χ0n) is 8.30. The van der Waals surface area contributed by atoms with E-state index in [1.54, 1.807) is 0 Å². The van der Waals surface area contributed by atoms with Crippen LogP contribution < -0.4 is 0 Å². The second kappa shape index (κ2) is 6.20. The summed E-state index contributed by atoms with van der Waals surface area (Å²) in [5.41, 5.74) is -1.10. The van der Waals surface area contributed by atoms with Crippen LogP contribution in [-0.4, -0.2) is 44.2 Å². The lowest BCUT2D eigenvalue weighted by Crippen LogP contribution is -2.07. The first-order valence-corrected chi connectivity index (χ1v) is 3.77. The van der Waals surface area contributed by atoms with Crippen LogP contribution in [0.5, 0.6) is 0 Å². The summed E-state index contributed by atoms with van der Waals surface area (Å²) in [5, 5.41) is 25.8. The summed E-state index contributed by atoms with van der Waals surface area (Å²) < 4.78 is 0. The Morgan fingerprint density at radius 1 is 0.647 bits per heavy atom. The molecule has 0 aliphatic rings. The van der Waals surface area contributed by atoms with E-state index in [9.17, 15) is 14.4 Å². The average molecular weight is 246 g/mol. The van der Waals surface area contributed by atoms with Crippen molar-refractivity contribution >= 4 is 17.9 Å². The van der Waals surface area contributed by atoms with Crippen molar-refractivity contribution in [3.05, 3.63) is 34.9 Å². The zero-order valence-corrected chi connectivity index (χ0v) is 8.30. The van der Waals surface area contributed by atoms with E-state index >= 15 is 0 Å². The number of carboxylic acids is 3. The van der Waals surface area contributed by atoms with Crippen LogP contribution in [0.4, 0.5) is 0 Å². The van der Waals surface area contributed by atoms with Crippen LogP contribution in [0.1, 0.15) is 31.1 Å². The molecular weight excluding hydrogens is 236 g/mol. The highest BCUT2D eigenvalue weighted by atomic mass is 16.4. The third-order valence-corrected chi connectivity index (χ3v) is 1.67. The Morgan fingerprint density at radius 2 is 0.824 bits per heavy atom. The fraction of sp³-hybridized carbons (Fsp3) is 0. The molecule has 7 N–H and O–H groups in total. The van der Waals surface area contributed by atoms with Crippen molar-refractivity contribution < 1.29 is 40.7 Å². The summed E-state index contributed by atoms with van der Waals surface area (Å²) in [6.45, 7) is 0. The second-order valence-corrected chi connectivity index (χ2v) is 2.71. The molecule has 0 bridgehead atoms. The van der Waals surface area contributed by atoms with Gasteiger partial charge in [-0.3, -0.25) is 0 Å². The van der Waals surface area contributed by atoms with Crippen molar-refractivity contribution in [2.75, 3.05) is 0 Å². The molecule has 17 heavy (non-hydrogen) atoms. The van der Waals surface area contributed by atoms with Crippen molar-refractivity contribution in [3.63, 3.8) is 0 Å². The van der Waals surface area contributed by atoms with E-state index in [2.05, 4.69) is 0 Å². The van der Waals surface area contributed by atoms with Gasteiger partial charge in [0.25, 0.3) is 0 Å². The molecule has 0 aliphatic heterocycles. The number of aromatic carboxylic acids is 3. The predicted octanol–water partition coefficient (Wildman–Crippen LogP) is -0.868. The molecule has 0 saturated heterocycles. The SMILES string of the molecule is O.O.O=C(O)c1cc(C(=O)O)cc(C(=O)O)c1. The van der Waals surface area contributed by atoms with E-state index in [4.69, 9.17) is 15.3 Å².